The lowest BCUT2D eigenvalue weighted by Crippen LogP contribution is -2.20. The molecule has 2 aromatic carbocycles. The van der Waals surface area contributed by atoms with E-state index < -0.39 is 39.8 Å². The van der Waals surface area contributed by atoms with Gasteiger partial charge in [0.05, 0.1) is 16.1 Å². The normalized spacial score (nSPS) is 13.0. The third-order valence-corrected chi connectivity index (χ3v) is 5.98. The van der Waals surface area contributed by atoms with Gasteiger partial charge in [-0.2, -0.15) is 13.2 Å². The Hall–Kier alpha value is -3.04. The van der Waals surface area contributed by atoms with Crippen LogP contribution in [0.4, 0.5) is 23.2 Å². The van der Waals surface area contributed by atoms with E-state index in [-0.39, 0.29) is 23.0 Å². The Balaban J connectivity index is 1.76. The summed E-state index contributed by atoms with van der Waals surface area (Å²) in [6.07, 6.45) is -1.82. The van der Waals surface area contributed by atoms with Crippen molar-refractivity contribution >= 4 is 34.8 Å². The molecule has 1 aliphatic rings. The summed E-state index contributed by atoms with van der Waals surface area (Å²) in [6.45, 7) is 0. The molecule has 0 aliphatic heterocycles. The second-order valence-corrected chi connectivity index (χ2v) is 8.23. The number of hydrogen-bond donors (Lipinski definition) is 1. The first-order valence-electron chi connectivity index (χ1n) is 10.0. The summed E-state index contributed by atoms with van der Waals surface area (Å²) in [7, 11) is 0. The van der Waals surface area contributed by atoms with Crippen LogP contribution < -0.4 is 15.6 Å². The van der Waals surface area contributed by atoms with Crippen LogP contribution in [0.1, 0.15) is 33.5 Å². The van der Waals surface area contributed by atoms with Crippen LogP contribution in [0.25, 0.3) is 0 Å². The van der Waals surface area contributed by atoms with Crippen molar-refractivity contribution in [3.8, 4) is 11.5 Å². The van der Waals surface area contributed by atoms with Crippen molar-refractivity contribution in [3.63, 3.8) is 0 Å². The number of nitrogens with one attached hydrogen (secondary N) is 1. The van der Waals surface area contributed by atoms with Crippen molar-refractivity contribution in [1.82, 2.24) is 4.57 Å². The van der Waals surface area contributed by atoms with Gasteiger partial charge in [-0.15, -0.1) is 11.6 Å². The van der Waals surface area contributed by atoms with Crippen LogP contribution in [-0.4, -0.2) is 10.5 Å². The number of nitrogens with zero attached hydrogens (tertiary/aromatic N) is 1. The van der Waals surface area contributed by atoms with Crippen molar-refractivity contribution < 1.29 is 27.1 Å². The van der Waals surface area contributed by atoms with E-state index in [1.165, 1.54) is 29.0 Å². The molecule has 0 bridgehead atoms. The van der Waals surface area contributed by atoms with Gasteiger partial charge in [0.2, 0.25) is 0 Å². The summed E-state index contributed by atoms with van der Waals surface area (Å²) < 4.78 is 61.5. The van der Waals surface area contributed by atoms with E-state index in [1.54, 1.807) is 0 Å². The summed E-state index contributed by atoms with van der Waals surface area (Å²) in [5.41, 5.74) is -0.898. The Labute approximate surface area is 200 Å². The highest BCUT2D eigenvalue weighted by Crippen LogP contribution is 2.42. The number of benzene rings is 2. The van der Waals surface area contributed by atoms with E-state index in [0.717, 1.165) is 12.1 Å². The lowest BCUT2D eigenvalue weighted by Gasteiger charge is -2.18. The van der Waals surface area contributed by atoms with Crippen molar-refractivity contribution in [1.29, 1.82) is 0 Å². The highest BCUT2D eigenvalue weighted by molar-refractivity contribution is 6.32. The fourth-order valence-electron chi connectivity index (χ4n) is 3.76. The molecule has 178 valence electrons. The van der Waals surface area contributed by atoms with E-state index >= 15 is 0 Å². The summed E-state index contributed by atoms with van der Waals surface area (Å²) in [5.74, 6) is -1.53. The molecule has 34 heavy (non-hydrogen) atoms. The molecule has 0 fully saturated rings. The van der Waals surface area contributed by atoms with Crippen LogP contribution in [0, 0.1) is 5.82 Å². The zero-order valence-electron chi connectivity index (χ0n) is 17.3. The van der Waals surface area contributed by atoms with Gasteiger partial charge in [-0.05, 0) is 55.2 Å². The molecule has 0 atom stereocenters. The summed E-state index contributed by atoms with van der Waals surface area (Å²) >= 11 is 11.5. The number of carbonyl (C=O) groups excluding carboxylic acids is 1. The van der Waals surface area contributed by atoms with Crippen LogP contribution >= 0.6 is 23.2 Å². The largest absolute Gasteiger partial charge is 0.456 e. The number of alkyl halides is 4. The minimum atomic E-state index is -4.80. The summed E-state index contributed by atoms with van der Waals surface area (Å²) in [4.78, 5) is 24.9. The van der Waals surface area contributed by atoms with Crippen LogP contribution in [0.15, 0.2) is 47.4 Å². The molecule has 0 saturated carbocycles. The average Bonchev–Trinajstić information content (AvgIpc) is 3.27. The molecule has 5 nitrogen and oxygen atoms in total. The molecule has 4 rings (SSSR count). The molecule has 0 spiro atoms. The van der Waals surface area contributed by atoms with Gasteiger partial charge in [0.1, 0.15) is 23.3 Å². The number of halogens is 6. The zero-order chi connectivity index (χ0) is 24.6. The predicted octanol–water partition coefficient (Wildman–Crippen LogP) is 6.39. The molecule has 11 heteroatoms. The quantitative estimate of drug-likeness (QED) is 0.317. The number of fused-ring (bicyclic) bond motifs is 1. The molecule has 0 radical (unpaired) electrons. The Bertz CT molecular complexity index is 1340. The molecule has 3 aromatic rings. The number of pyridine rings is 1. The topological polar surface area (TPSA) is 60.3 Å². The standard InChI is InChI=1S/C23H16Cl2F4N2O3/c24-11-31-7-6-12(8-21(31)32)30-22(33)15-9-17(25)16(23(27,28)29)10-20(15)34-19-5-4-18(26)13-2-1-3-14(13)19/h4-10H,1-3,11H2,(H,30,33). The highest BCUT2D eigenvalue weighted by Gasteiger charge is 2.35. The maximum atomic E-state index is 14.1. The van der Waals surface area contributed by atoms with E-state index in [9.17, 15) is 27.2 Å². The number of aromatic nitrogens is 1. The lowest BCUT2D eigenvalue weighted by atomic mass is 10.1. The number of rotatable bonds is 5. The lowest BCUT2D eigenvalue weighted by molar-refractivity contribution is -0.137. The second kappa shape index (κ2) is 9.31. The van der Waals surface area contributed by atoms with Crippen molar-refractivity contribution in [2.75, 3.05) is 5.32 Å². The van der Waals surface area contributed by atoms with Crippen LogP contribution in [0.2, 0.25) is 5.02 Å². The fourth-order valence-corrected chi connectivity index (χ4v) is 4.23. The van der Waals surface area contributed by atoms with E-state index in [0.29, 0.717) is 36.5 Å². The Morgan fingerprint density at radius 2 is 1.82 bits per heavy atom. The third kappa shape index (κ3) is 4.76. The van der Waals surface area contributed by atoms with Crippen LogP contribution in [0.5, 0.6) is 11.5 Å². The van der Waals surface area contributed by atoms with Gasteiger partial charge in [-0.1, -0.05) is 11.6 Å². The minimum Gasteiger partial charge on any atom is -0.456 e. The van der Waals surface area contributed by atoms with Crippen molar-refractivity contribution in [2.45, 2.75) is 31.4 Å². The molecular weight excluding hydrogens is 499 g/mol. The smallest absolute Gasteiger partial charge is 0.417 e. The van der Waals surface area contributed by atoms with Crippen LogP contribution in [-0.2, 0) is 25.0 Å². The molecule has 1 N–H and O–H groups in total. The van der Waals surface area contributed by atoms with Gasteiger partial charge in [-0.25, -0.2) is 4.39 Å². The van der Waals surface area contributed by atoms with E-state index in [4.69, 9.17) is 27.9 Å². The Morgan fingerprint density at radius 1 is 1.09 bits per heavy atom. The van der Waals surface area contributed by atoms with Gasteiger partial charge < -0.3 is 14.6 Å². The first-order valence-corrected chi connectivity index (χ1v) is 11.0. The Kier molecular flexibility index (Phi) is 6.60. The maximum absolute atomic E-state index is 14.1. The summed E-state index contributed by atoms with van der Waals surface area (Å²) in [6, 6.07) is 6.38. The number of amides is 1. The number of hydrogen-bond acceptors (Lipinski definition) is 3. The van der Waals surface area contributed by atoms with Gasteiger partial charge in [-0.3, -0.25) is 9.59 Å². The zero-order valence-corrected chi connectivity index (χ0v) is 18.8. The number of anilines is 1. The van der Waals surface area contributed by atoms with Crippen molar-refractivity contribution in [2.24, 2.45) is 0 Å². The van der Waals surface area contributed by atoms with Gasteiger partial charge >= 0.3 is 6.18 Å². The van der Waals surface area contributed by atoms with E-state index in [1.807, 2.05) is 0 Å². The summed E-state index contributed by atoms with van der Waals surface area (Å²) in [5, 5.41) is 1.75. The Morgan fingerprint density at radius 3 is 2.50 bits per heavy atom. The highest BCUT2D eigenvalue weighted by atomic mass is 35.5. The molecule has 1 amide bonds. The van der Waals surface area contributed by atoms with Crippen molar-refractivity contribution in [3.05, 3.63) is 86.0 Å². The molecule has 1 heterocycles. The molecular formula is C23H16Cl2F4N2O3. The molecule has 1 aliphatic carbocycles. The average molecular weight is 515 g/mol. The number of ether oxygens (including phenoxy) is 1. The first kappa shape index (κ1) is 24.1. The predicted molar refractivity (Wildman–Crippen MR) is 119 cm³/mol. The molecule has 1 aromatic heterocycles. The van der Waals surface area contributed by atoms with Crippen LogP contribution in [0.3, 0.4) is 0 Å². The monoisotopic (exact) mass is 514 g/mol. The second-order valence-electron chi connectivity index (χ2n) is 7.58. The molecule has 0 saturated heterocycles. The maximum Gasteiger partial charge on any atom is 0.417 e. The number of carbonyl (C=O) groups is 1. The third-order valence-electron chi connectivity index (χ3n) is 5.41. The van der Waals surface area contributed by atoms with Gasteiger partial charge in [0.25, 0.3) is 11.5 Å². The van der Waals surface area contributed by atoms with E-state index in [2.05, 4.69) is 5.32 Å². The SMILES string of the molecule is O=C(Nc1ccn(CCl)c(=O)c1)c1cc(Cl)c(C(F)(F)F)cc1Oc1ccc(F)c2c1CCC2. The fraction of sp³-hybridized carbons (Fsp3) is 0.217. The first-order chi connectivity index (χ1) is 16.1. The van der Waals surface area contributed by atoms with Gasteiger partial charge in [0.15, 0.2) is 0 Å². The molecule has 0 unspecified atom stereocenters. The minimum absolute atomic E-state index is 0.0957. The van der Waals surface area contributed by atoms with Gasteiger partial charge in [0, 0.05) is 23.5 Å².